The van der Waals surface area contributed by atoms with Crippen LogP contribution in [0.5, 0.6) is 5.75 Å². The standard InChI is InChI=1S/C15H17BrF3NO/c16-10-3-4-13-11(6-10)12(20)8-14(21-13)5-1-2-9(7-14)15(17,18)19/h3-4,6,9,12H,1-2,5,7-8,20H2/t9?,12-,14?/m1/s1. The number of alkyl halides is 3. The third-order valence-electron chi connectivity index (χ3n) is 4.56. The first kappa shape index (κ1) is 15.2. The van der Waals surface area contributed by atoms with E-state index >= 15 is 0 Å². The summed E-state index contributed by atoms with van der Waals surface area (Å²) in [6.45, 7) is 0. The minimum Gasteiger partial charge on any atom is -0.487 e. The van der Waals surface area contributed by atoms with Crippen molar-refractivity contribution in [2.45, 2.75) is 49.9 Å². The highest BCUT2D eigenvalue weighted by Crippen LogP contribution is 2.50. The predicted molar refractivity (Wildman–Crippen MR) is 77.1 cm³/mol. The second-order valence-corrected chi connectivity index (χ2v) is 7.03. The van der Waals surface area contributed by atoms with Crippen LogP contribution >= 0.6 is 15.9 Å². The lowest BCUT2D eigenvalue weighted by molar-refractivity contribution is -0.199. The third kappa shape index (κ3) is 2.93. The molecule has 3 atom stereocenters. The van der Waals surface area contributed by atoms with E-state index in [0.717, 1.165) is 10.0 Å². The van der Waals surface area contributed by atoms with Gasteiger partial charge in [0.05, 0.1) is 5.92 Å². The molecule has 116 valence electrons. The fraction of sp³-hybridized carbons (Fsp3) is 0.600. The van der Waals surface area contributed by atoms with Crippen molar-refractivity contribution in [1.29, 1.82) is 0 Å². The normalized spacial score (nSPS) is 32.6. The zero-order valence-electron chi connectivity index (χ0n) is 11.4. The summed E-state index contributed by atoms with van der Waals surface area (Å²) in [6, 6.07) is 5.22. The van der Waals surface area contributed by atoms with Gasteiger partial charge in [0.2, 0.25) is 0 Å². The smallest absolute Gasteiger partial charge is 0.391 e. The Morgan fingerprint density at radius 1 is 1.29 bits per heavy atom. The summed E-state index contributed by atoms with van der Waals surface area (Å²) in [7, 11) is 0. The maximum atomic E-state index is 13.0. The fourth-order valence-corrected chi connectivity index (χ4v) is 3.95. The zero-order chi connectivity index (χ0) is 15.3. The van der Waals surface area contributed by atoms with Gasteiger partial charge in [-0.1, -0.05) is 15.9 Å². The van der Waals surface area contributed by atoms with Crippen LogP contribution in [-0.4, -0.2) is 11.8 Å². The number of nitrogens with two attached hydrogens (primary N) is 1. The van der Waals surface area contributed by atoms with Crippen molar-refractivity contribution < 1.29 is 17.9 Å². The second kappa shape index (κ2) is 5.16. The number of rotatable bonds is 0. The van der Waals surface area contributed by atoms with Gasteiger partial charge in [0.15, 0.2) is 0 Å². The van der Waals surface area contributed by atoms with Gasteiger partial charge in [-0.3, -0.25) is 0 Å². The number of hydrogen-bond donors (Lipinski definition) is 1. The Kier molecular flexibility index (Phi) is 3.72. The molecule has 1 spiro atoms. The maximum Gasteiger partial charge on any atom is 0.391 e. The van der Waals surface area contributed by atoms with Gasteiger partial charge in [-0.05, 0) is 43.9 Å². The Bertz CT molecular complexity index is 548. The minimum absolute atomic E-state index is 0.0136. The van der Waals surface area contributed by atoms with E-state index in [1.54, 1.807) is 6.07 Å². The molecule has 1 heterocycles. The number of fused-ring (bicyclic) bond motifs is 1. The molecular weight excluding hydrogens is 347 g/mol. The van der Waals surface area contributed by atoms with Crippen molar-refractivity contribution in [3.63, 3.8) is 0 Å². The molecule has 1 saturated carbocycles. The highest BCUT2D eigenvalue weighted by atomic mass is 79.9. The number of ether oxygens (including phenoxy) is 1. The maximum absolute atomic E-state index is 13.0. The quantitative estimate of drug-likeness (QED) is 0.723. The first-order chi connectivity index (χ1) is 9.79. The molecule has 0 bridgehead atoms. The molecule has 2 nitrogen and oxygen atoms in total. The van der Waals surface area contributed by atoms with E-state index in [1.807, 2.05) is 12.1 Å². The van der Waals surface area contributed by atoms with Gasteiger partial charge in [-0.25, -0.2) is 0 Å². The summed E-state index contributed by atoms with van der Waals surface area (Å²) < 4.78 is 46.0. The van der Waals surface area contributed by atoms with Crippen LogP contribution < -0.4 is 10.5 Å². The van der Waals surface area contributed by atoms with Crippen molar-refractivity contribution in [2.75, 3.05) is 0 Å². The second-order valence-electron chi connectivity index (χ2n) is 6.11. The Morgan fingerprint density at radius 3 is 2.76 bits per heavy atom. The van der Waals surface area contributed by atoms with Crippen LogP contribution in [0.1, 0.15) is 43.7 Å². The topological polar surface area (TPSA) is 35.2 Å². The lowest BCUT2D eigenvalue weighted by Gasteiger charge is -2.46. The van der Waals surface area contributed by atoms with Crippen molar-refractivity contribution in [1.82, 2.24) is 0 Å². The predicted octanol–water partition coefficient (Wildman–Crippen LogP) is 4.72. The van der Waals surface area contributed by atoms with Crippen LogP contribution in [0.15, 0.2) is 22.7 Å². The largest absolute Gasteiger partial charge is 0.487 e. The molecular formula is C15H17BrF3NO. The third-order valence-corrected chi connectivity index (χ3v) is 5.05. The molecule has 0 amide bonds. The van der Waals surface area contributed by atoms with E-state index in [9.17, 15) is 13.2 Å². The van der Waals surface area contributed by atoms with Gasteiger partial charge in [0.25, 0.3) is 0 Å². The van der Waals surface area contributed by atoms with E-state index in [0.29, 0.717) is 25.0 Å². The monoisotopic (exact) mass is 363 g/mol. The van der Waals surface area contributed by atoms with Crippen LogP contribution in [0.2, 0.25) is 0 Å². The molecule has 21 heavy (non-hydrogen) atoms. The molecule has 1 aliphatic heterocycles. The van der Waals surface area contributed by atoms with Crippen LogP contribution in [0.3, 0.4) is 0 Å². The fourth-order valence-electron chi connectivity index (χ4n) is 3.57. The number of halogens is 4. The lowest BCUT2D eigenvalue weighted by Crippen LogP contribution is -2.48. The highest BCUT2D eigenvalue weighted by molar-refractivity contribution is 9.10. The molecule has 6 heteroatoms. The molecule has 3 rings (SSSR count). The zero-order valence-corrected chi connectivity index (χ0v) is 13.0. The van der Waals surface area contributed by atoms with E-state index in [2.05, 4.69) is 15.9 Å². The van der Waals surface area contributed by atoms with Gasteiger partial charge in [0, 0.05) is 22.5 Å². The van der Waals surface area contributed by atoms with Gasteiger partial charge in [-0.15, -0.1) is 0 Å². The molecule has 2 unspecified atom stereocenters. The minimum atomic E-state index is -4.15. The van der Waals surface area contributed by atoms with Crippen LogP contribution in [0, 0.1) is 5.92 Å². The highest BCUT2D eigenvalue weighted by Gasteiger charge is 2.50. The molecule has 1 aliphatic carbocycles. The average molecular weight is 364 g/mol. The van der Waals surface area contributed by atoms with Crippen LogP contribution in [-0.2, 0) is 0 Å². The molecule has 0 aromatic heterocycles. The molecule has 1 aromatic carbocycles. The van der Waals surface area contributed by atoms with E-state index in [-0.39, 0.29) is 18.9 Å². The van der Waals surface area contributed by atoms with Gasteiger partial charge >= 0.3 is 6.18 Å². The first-order valence-corrected chi connectivity index (χ1v) is 7.89. The molecule has 2 N–H and O–H groups in total. The summed E-state index contributed by atoms with van der Waals surface area (Å²) in [4.78, 5) is 0. The summed E-state index contributed by atoms with van der Waals surface area (Å²) in [6.07, 6.45) is -2.33. The lowest BCUT2D eigenvalue weighted by atomic mass is 9.72. The Hall–Kier alpha value is -0.750. The molecule has 2 aliphatic rings. The van der Waals surface area contributed by atoms with E-state index < -0.39 is 17.7 Å². The van der Waals surface area contributed by atoms with E-state index in [4.69, 9.17) is 10.5 Å². The van der Waals surface area contributed by atoms with Gasteiger partial charge in [-0.2, -0.15) is 13.2 Å². The molecule has 0 saturated heterocycles. The molecule has 1 aromatic rings. The van der Waals surface area contributed by atoms with E-state index in [1.165, 1.54) is 0 Å². The van der Waals surface area contributed by atoms with Crippen molar-refractivity contribution in [3.8, 4) is 5.75 Å². The van der Waals surface area contributed by atoms with Crippen LogP contribution in [0.4, 0.5) is 13.2 Å². The summed E-state index contributed by atoms with van der Waals surface area (Å²) >= 11 is 3.38. The Labute approximate surface area is 130 Å². The van der Waals surface area contributed by atoms with Crippen molar-refractivity contribution >= 4 is 15.9 Å². The van der Waals surface area contributed by atoms with Gasteiger partial charge < -0.3 is 10.5 Å². The molecule has 1 fully saturated rings. The SMILES string of the molecule is N[C@@H]1CC2(CCCC(C(F)(F)F)C2)Oc2ccc(Br)cc21. The summed E-state index contributed by atoms with van der Waals surface area (Å²) in [5.41, 5.74) is 6.29. The van der Waals surface area contributed by atoms with Crippen LogP contribution in [0.25, 0.3) is 0 Å². The Morgan fingerprint density at radius 2 is 2.05 bits per heavy atom. The average Bonchev–Trinajstić information content (AvgIpc) is 2.39. The summed E-state index contributed by atoms with van der Waals surface area (Å²) in [5.74, 6) is -0.657. The van der Waals surface area contributed by atoms with Crippen molar-refractivity contribution in [3.05, 3.63) is 28.2 Å². The number of benzene rings is 1. The van der Waals surface area contributed by atoms with Crippen molar-refractivity contribution in [2.24, 2.45) is 11.7 Å². The van der Waals surface area contributed by atoms with Gasteiger partial charge in [0.1, 0.15) is 11.4 Å². The Balaban J connectivity index is 1.89. The summed E-state index contributed by atoms with van der Waals surface area (Å²) in [5, 5.41) is 0. The first-order valence-electron chi connectivity index (χ1n) is 7.10. The molecule has 0 radical (unpaired) electrons. The number of hydrogen-bond acceptors (Lipinski definition) is 2.